The van der Waals surface area contributed by atoms with Crippen molar-refractivity contribution in [3.05, 3.63) is 23.8 Å². The van der Waals surface area contributed by atoms with Gasteiger partial charge in [0.25, 0.3) is 0 Å². The van der Waals surface area contributed by atoms with Crippen LogP contribution >= 0.6 is 0 Å². The van der Waals surface area contributed by atoms with E-state index >= 15 is 0 Å². The van der Waals surface area contributed by atoms with Crippen molar-refractivity contribution in [3.63, 3.8) is 0 Å². The largest absolute Gasteiger partial charge is 0.418 e. The second-order valence-corrected chi connectivity index (χ2v) is 4.26. The number of halogens is 3. The van der Waals surface area contributed by atoms with Gasteiger partial charge >= 0.3 is 6.18 Å². The van der Waals surface area contributed by atoms with Gasteiger partial charge in [0.2, 0.25) is 5.91 Å². The summed E-state index contributed by atoms with van der Waals surface area (Å²) in [5, 5.41) is 2.77. The van der Waals surface area contributed by atoms with Crippen molar-refractivity contribution in [1.82, 2.24) is 4.90 Å². The lowest BCUT2D eigenvalue weighted by atomic mass is 10.1. The molecule has 0 saturated heterocycles. The van der Waals surface area contributed by atoms with E-state index in [2.05, 4.69) is 5.32 Å². The van der Waals surface area contributed by atoms with E-state index in [-0.39, 0.29) is 30.2 Å². The zero-order valence-corrected chi connectivity index (χ0v) is 10.7. The molecule has 0 aliphatic heterocycles. The highest BCUT2D eigenvalue weighted by atomic mass is 19.4. The molecule has 7 heteroatoms. The van der Waals surface area contributed by atoms with Gasteiger partial charge in [0.05, 0.1) is 5.56 Å². The molecule has 0 radical (unpaired) electrons. The van der Waals surface area contributed by atoms with Crippen LogP contribution in [0.4, 0.5) is 24.5 Å². The Bertz CT molecular complexity index is 458. The zero-order chi connectivity index (χ0) is 14.6. The topological polar surface area (TPSA) is 58.4 Å². The SMILES string of the molecule is CN(C)C(=O)CCNc1ccc(N)c(C(F)(F)F)c1. The first-order valence-electron chi connectivity index (χ1n) is 5.62. The fourth-order valence-corrected chi connectivity index (χ4v) is 1.45. The Labute approximate surface area is 109 Å². The molecule has 0 unspecified atom stereocenters. The molecular weight excluding hydrogens is 259 g/mol. The van der Waals surface area contributed by atoms with Crippen LogP contribution in [-0.4, -0.2) is 31.4 Å². The predicted octanol–water partition coefficient (Wildman–Crippen LogP) is 2.18. The van der Waals surface area contributed by atoms with Gasteiger partial charge in [-0.1, -0.05) is 0 Å². The third-order valence-corrected chi connectivity index (χ3v) is 2.53. The van der Waals surface area contributed by atoms with Crippen LogP contribution in [0.15, 0.2) is 18.2 Å². The minimum atomic E-state index is -4.48. The summed E-state index contributed by atoms with van der Waals surface area (Å²) in [4.78, 5) is 12.7. The molecule has 3 N–H and O–H groups in total. The number of hydrogen-bond donors (Lipinski definition) is 2. The van der Waals surface area contributed by atoms with Crippen LogP contribution in [0.25, 0.3) is 0 Å². The smallest absolute Gasteiger partial charge is 0.398 e. The Hall–Kier alpha value is -1.92. The summed E-state index contributed by atoms with van der Waals surface area (Å²) in [6, 6.07) is 3.58. The molecule has 0 atom stereocenters. The maximum absolute atomic E-state index is 12.6. The standard InChI is InChI=1S/C12H16F3N3O/c1-18(2)11(19)5-6-17-8-3-4-10(16)9(7-8)12(13,14)15/h3-4,7,17H,5-6,16H2,1-2H3. The highest BCUT2D eigenvalue weighted by Gasteiger charge is 2.33. The van der Waals surface area contributed by atoms with Gasteiger partial charge in [-0.2, -0.15) is 13.2 Å². The number of rotatable bonds is 4. The maximum atomic E-state index is 12.6. The first-order valence-corrected chi connectivity index (χ1v) is 5.62. The number of anilines is 2. The lowest BCUT2D eigenvalue weighted by molar-refractivity contribution is -0.137. The molecule has 4 nitrogen and oxygen atoms in total. The van der Waals surface area contributed by atoms with Crippen LogP contribution in [0.2, 0.25) is 0 Å². The van der Waals surface area contributed by atoms with Crippen LogP contribution in [0.5, 0.6) is 0 Å². The van der Waals surface area contributed by atoms with Gasteiger partial charge in [0.15, 0.2) is 0 Å². The summed E-state index contributed by atoms with van der Waals surface area (Å²) in [6.07, 6.45) is -4.28. The molecule has 0 heterocycles. The van der Waals surface area contributed by atoms with Crippen LogP contribution in [0.1, 0.15) is 12.0 Å². The van der Waals surface area contributed by atoms with Gasteiger partial charge in [0, 0.05) is 38.4 Å². The van der Waals surface area contributed by atoms with Gasteiger partial charge in [-0.05, 0) is 18.2 Å². The summed E-state index contributed by atoms with van der Waals surface area (Å²) in [5.74, 6) is -0.0982. The number of hydrogen-bond acceptors (Lipinski definition) is 3. The van der Waals surface area contributed by atoms with Crippen molar-refractivity contribution in [2.45, 2.75) is 12.6 Å². The first kappa shape index (κ1) is 15.1. The fraction of sp³-hybridized carbons (Fsp3) is 0.417. The van der Waals surface area contributed by atoms with E-state index in [0.717, 1.165) is 6.07 Å². The number of nitrogens with zero attached hydrogens (tertiary/aromatic N) is 1. The van der Waals surface area contributed by atoms with Crippen LogP contribution in [0, 0.1) is 0 Å². The summed E-state index contributed by atoms with van der Waals surface area (Å²) in [6.45, 7) is 0.262. The molecule has 0 spiro atoms. The Morgan fingerprint density at radius 2 is 2.00 bits per heavy atom. The number of alkyl halides is 3. The molecule has 0 aliphatic carbocycles. The molecule has 0 aliphatic rings. The second-order valence-electron chi connectivity index (χ2n) is 4.26. The molecule has 0 bridgehead atoms. The lowest BCUT2D eigenvalue weighted by Gasteiger charge is -2.14. The molecule has 106 valence electrons. The molecule has 0 saturated carbocycles. The molecule has 1 amide bonds. The number of carbonyl (C=O) groups is 1. The average molecular weight is 275 g/mol. The third-order valence-electron chi connectivity index (χ3n) is 2.53. The highest BCUT2D eigenvalue weighted by molar-refractivity contribution is 5.76. The van der Waals surface area contributed by atoms with E-state index in [1.807, 2.05) is 0 Å². The van der Waals surface area contributed by atoms with Gasteiger partial charge in [-0.3, -0.25) is 4.79 Å². The van der Waals surface area contributed by atoms with E-state index < -0.39 is 11.7 Å². The minimum Gasteiger partial charge on any atom is -0.398 e. The maximum Gasteiger partial charge on any atom is 0.418 e. The number of nitrogens with two attached hydrogens (primary N) is 1. The highest BCUT2D eigenvalue weighted by Crippen LogP contribution is 2.35. The predicted molar refractivity (Wildman–Crippen MR) is 67.7 cm³/mol. The summed E-state index contributed by atoms with van der Waals surface area (Å²) < 4.78 is 37.8. The molecule has 1 aromatic rings. The summed E-state index contributed by atoms with van der Waals surface area (Å²) in [7, 11) is 3.24. The average Bonchev–Trinajstić information content (AvgIpc) is 2.29. The lowest BCUT2D eigenvalue weighted by Crippen LogP contribution is -2.24. The third kappa shape index (κ3) is 4.35. The van der Waals surface area contributed by atoms with Crippen molar-refractivity contribution in [1.29, 1.82) is 0 Å². The van der Waals surface area contributed by atoms with Crippen molar-refractivity contribution < 1.29 is 18.0 Å². The van der Waals surface area contributed by atoms with Crippen LogP contribution < -0.4 is 11.1 Å². The van der Waals surface area contributed by atoms with Crippen molar-refractivity contribution in [2.75, 3.05) is 31.7 Å². The summed E-state index contributed by atoms with van der Waals surface area (Å²) in [5.41, 5.74) is 4.37. The number of nitrogens with one attached hydrogen (secondary N) is 1. The number of benzene rings is 1. The fourth-order valence-electron chi connectivity index (χ4n) is 1.45. The van der Waals surface area contributed by atoms with E-state index in [4.69, 9.17) is 5.73 Å². The molecule has 1 aromatic carbocycles. The zero-order valence-electron chi connectivity index (χ0n) is 10.7. The van der Waals surface area contributed by atoms with Gasteiger partial charge in [-0.15, -0.1) is 0 Å². The van der Waals surface area contributed by atoms with E-state index in [1.165, 1.54) is 17.0 Å². The Morgan fingerprint density at radius 3 is 2.53 bits per heavy atom. The first-order chi connectivity index (χ1) is 8.71. The van der Waals surface area contributed by atoms with E-state index in [1.54, 1.807) is 14.1 Å². The quantitative estimate of drug-likeness (QED) is 0.828. The molecule has 0 fully saturated rings. The van der Waals surface area contributed by atoms with Crippen molar-refractivity contribution >= 4 is 17.3 Å². The van der Waals surface area contributed by atoms with Gasteiger partial charge < -0.3 is 16.0 Å². The molecule has 1 rings (SSSR count). The Morgan fingerprint density at radius 1 is 1.37 bits per heavy atom. The Kier molecular flexibility index (Phi) is 4.63. The molecule has 19 heavy (non-hydrogen) atoms. The normalized spacial score (nSPS) is 11.2. The molecular formula is C12H16F3N3O. The Balaban J connectivity index is 2.68. The number of carbonyl (C=O) groups excluding carboxylic acids is 1. The minimum absolute atomic E-state index is 0.0982. The van der Waals surface area contributed by atoms with Gasteiger partial charge in [-0.25, -0.2) is 0 Å². The number of nitrogen functional groups attached to an aromatic ring is 1. The summed E-state index contributed by atoms with van der Waals surface area (Å²) >= 11 is 0. The van der Waals surface area contributed by atoms with Crippen LogP contribution in [-0.2, 0) is 11.0 Å². The van der Waals surface area contributed by atoms with E-state index in [0.29, 0.717) is 0 Å². The monoisotopic (exact) mass is 275 g/mol. The number of amides is 1. The van der Waals surface area contributed by atoms with Gasteiger partial charge in [0.1, 0.15) is 0 Å². The second kappa shape index (κ2) is 5.81. The van der Waals surface area contributed by atoms with Crippen LogP contribution in [0.3, 0.4) is 0 Å². The van der Waals surface area contributed by atoms with Crippen molar-refractivity contribution in [3.8, 4) is 0 Å². The van der Waals surface area contributed by atoms with Crippen molar-refractivity contribution in [2.24, 2.45) is 0 Å². The van der Waals surface area contributed by atoms with E-state index in [9.17, 15) is 18.0 Å². The molecule has 0 aromatic heterocycles.